The Labute approximate surface area is 114 Å². The maximum absolute atomic E-state index is 12.2. The minimum atomic E-state index is 0.162. The molecule has 0 radical (unpaired) electrons. The highest BCUT2D eigenvalue weighted by molar-refractivity contribution is 5.78. The number of nitrogens with one attached hydrogen (secondary N) is 1. The molecule has 0 aliphatic carbocycles. The molecule has 104 valence electrons. The molecule has 0 spiro atoms. The van der Waals surface area contributed by atoms with Gasteiger partial charge >= 0.3 is 0 Å². The van der Waals surface area contributed by atoms with Gasteiger partial charge in [0.1, 0.15) is 5.75 Å². The molecule has 0 bridgehead atoms. The average molecular weight is 262 g/mol. The molecule has 2 rings (SSSR count). The van der Waals surface area contributed by atoms with Crippen molar-refractivity contribution in [2.75, 3.05) is 20.1 Å². The van der Waals surface area contributed by atoms with E-state index in [1.54, 1.807) is 24.3 Å². The summed E-state index contributed by atoms with van der Waals surface area (Å²) in [6.45, 7) is 3.83. The number of piperidine rings is 1. The summed E-state index contributed by atoms with van der Waals surface area (Å²) in [5.41, 5.74) is 1.11. The second-order valence-electron chi connectivity index (χ2n) is 5.53. The third-order valence-electron chi connectivity index (χ3n) is 4.11. The van der Waals surface area contributed by atoms with Crippen molar-refractivity contribution in [1.29, 1.82) is 0 Å². The molecule has 2 N–H and O–H groups in total. The zero-order valence-corrected chi connectivity index (χ0v) is 11.6. The summed E-state index contributed by atoms with van der Waals surface area (Å²) < 4.78 is 0. The zero-order chi connectivity index (χ0) is 13.9. The van der Waals surface area contributed by atoms with Crippen LogP contribution in [0, 0.1) is 0 Å². The lowest BCUT2D eigenvalue weighted by Gasteiger charge is -2.39. The number of nitrogens with zero attached hydrogens (tertiary/aromatic N) is 1. The Morgan fingerprint density at radius 1 is 1.32 bits per heavy atom. The number of phenolic OH excluding ortho intramolecular Hbond substituents is 1. The molecule has 0 saturated carbocycles. The topological polar surface area (TPSA) is 52.6 Å². The van der Waals surface area contributed by atoms with Crippen LogP contribution in [0.1, 0.15) is 25.3 Å². The van der Waals surface area contributed by atoms with Crippen LogP contribution in [0.2, 0.25) is 0 Å². The first-order valence-electron chi connectivity index (χ1n) is 6.77. The Morgan fingerprint density at radius 3 is 2.42 bits per heavy atom. The van der Waals surface area contributed by atoms with Gasteiger partial charge < -0.3 is 15.3 Å². The number of rotatable bonds is 3. The van der Waals surface area contributed by atoms with Gasteiger partial charge in [-0.3, -0.25) is 4.79 Å². The predicted molar refractivity (Wildman–Crippen MR) is 75.1 cm³/mol. The molecule has 1 amide bonds. The highest BCUT2D eigenvalue weighted by Crippen LogP contribution is 2.21. The summed E-state index contributed by atoms with van der Waals surface area (Å²) in [4.78, 5) is 14.1. The fraction of sp³-hybridized carbons (Fsp3) is 0.533. The average Bonchev–Trinajstić information content (AvgIpc) is 2.42. The van der Waals surface area contributed by atoms with Gasteiger partial charge in [0.15, 0.2) is 0 Å². The smallest absolute Gasteiger partial charge is 0.226 e. The van der Waals surface area contributed by atoms with Gasteiger partial charge in [-0.15, -0.1) is 0 Å². The van der Waals surface area contributed by atoms with Crippen LogP contribution >= 0.6 is 0 Å². The lowest BCUT2D eigenvalue weighted by atomic mass is 9.89. The Bertz CT molecular complexity index is 434. The van der Waals surface area contributed by atoms with Crippen LogP contribution in [-0.4, -0.2) is 41.6 Å². The summed E-state index contributed by atoms with van der Waals surface area (Å²) in [6, 6.07) is 6.84. The van der Waals surface area contributed by atoms with E-state index in [0.29, 0.717) is 6.42 Å². The van der Waals surface area contributed by atoms with E-state index in [0.717, 1.165) is 31.5 Å². The lowest BCUT2D eigenvalue weighted by molar-refractivity contribution is -0.132. The zero-order valence-electron chi connectivity index (χ0n) is 11.6. The van der Waals surface area contributed by atoms with Crippen LogP contribution in [0.15, 0.2) is 24.3 Å². The quantitative estimate of drug-likeness (QED) is 0.868. The van der Waals surface area contributed by atoms with Crippen molar-refractivity contribution in [3.63, 3.8) is 0 Å². The summed E-state index contributed by atoms with van der Waals surface area (Å²) in [5.74, 6) is 0.405. The van der Waals surface area contributed by atoms with E-state index in [1.165, 1.54) is 0 Å². The monoisotopic (exact) mass is 262 g/mol. The molecule has 1 aliphatic heterocycles. The van der Waals surface area contributed by atoms with E-state index >= 15 is 0 Å². The van der Waals surface area contributed by atoms with Crippen LogP contribution in [0.5, 0.6) is 5.75 Å². The van der Waals surface area contributed by atoms with Crippen molar-refractivity contribution >= 4 is 5.91 Å². The SMILES string of the molecule is CNC1(C)CCN(C(=O)Cc2ccc(O)cc2)CC1. The Morgan fingerprint density at radius 2 is 1.89 bits per heavy atom. The van der Waals surface area contributed by atoms with Crippen LogP contribution in [0.4, 0.5) is 0 Å². The van der Waals surface area contributed by atoms with Crippen molar-refractivity contribution in [3.05, 3.63) is 29.8 Å². The van der Waals surface area contributed by atoms with Gasteiger partial charge in [0, 0.05) is 18.6 Å². The molecule has 1 heterocycles. The van der Waals surface area contributed by atoms with E-state index in [1.807, 2.05) is 11.9 Å². The number of hydrogen-bond acceptors (Lipinski definition) is 3. The molecule has 19 heavy (non-hydrogen) atoms. The third kappa shape index (κ3) is 3.47. The normalized spacial score (nSPS) is 18.3. The number of carbonyl (C=O) groups excluding carboxylic acids is 1. The molecule has 1 aromatic rings. The fourth-order valence-electron chi connectivity index (χ4n) is 2.40. The summed E-state index contributed by atoms with van der Waals surface area (Å²) in [7, 11) is 1.98. The minimum absolute atomic E-state index is 0.162. The van der Waals surface area contributed by atoms with Gasteiger partial charge in [-0.1, -0.05) is 12.1 Å². The van der Waals surface area contributed by atoms with Crippen molar-refractivity contribution < 1.29 is 9.90 Å². The number of phenols is 1. The Balaban J connectivity index is 1.89. The number of likely N-dealkylation sites (tertiary alicyclic amines) is 1. The van der Waals surface area contributed by atoms with E-state index in [4.69, 9.17) is 0 Å². The molecule has 0 atom stereocenters. The van der Waals surface area contributed by atoms with Crippen LogP contribution in [0.25, 0.3) is 0 Å². The summed E-state index contributed by atoms with van der Waals surface area (Å²) in [5, 5.41) is 12.6. The van der Waals surface area contributed by atoms with Crippen LogP contribution in [0.3, 0.4) is 0 Å². The van der Waals surface area contributed by atoms with E-state index in [9.17, 15) is 9.90 Å². The van der Waals surface area contributed by atoms with Gasteiger partial charge in [-0.2, -0.15) is 0 Å². The van der Waals surface area contributed by atoms with Gasteiger partial charge in [0.2, 0.25) is 5.91 Å². The standard InChI is InChI=1S/C15H22N2O2/c1-15(16-2)7-9-17(10-8-15)14(19)11-12-3-5-13(18)6-4-12/h3-6,16,18H,7-11H2,1-2H3. The number of amides is 1. The Kier molecular flexibility index (Phi) is 4.10. The third-order valence-corrected chi connectivity index (χ3v) is 4.11. The Hall–Kier alpha value is -1.55. The highest BCUT2D eigenvalue weighted by Gasteiger charge is 2.30. The van der Waals surface area contributed by atoms with E-state index in [-0.39, 0.29) is 17.2 Å². The van der Waals surface area contributed by atoms with Crippen molar-refractivity contribution in [2.24, 2.45) is 0 Å². The van der Waals surface area contributed by atoms with E-state index in [2.05, 4.69) is 12.2 Å². The maximum Gasteiger partial charge on any atom is 0.226 e. The van der Waals surface area contributed by atoms with Crippen molar-refractivity contribution in [2.45, 2.75) is 31.7 Å². The van der Waals surface area contributed by atoms with Gasteiger partial charge in [-0.25, -0.2) is 0 Å². The fourth-order valence-corrected chi connectivity index (χ4v) is 2.40. The van der Waals surface area contributed by atoms with Gasteiger partial charge in [-0.05, 0) is 44.5 Å². The number of carbonyl (C=O) groups is 1. The number of benzene rings is 1. The second kappa shape index (κ2) is 5.61. The molecule has 0 aromatic heterocycles. The second-order valence-corrected chi connectivity index (χ2v) is 5.53. The van der Waals surface area contributed by atoms with Crippen molar-refractivity contribution in [3.8, 4) is 5.75 Å². The molecule has 4 heteroatoms. The van der Waals surface area contributed by atoms with Crippen LogP contribution < -0.4 is 5.32 Å². The highest BCUT2D eigenvalue weighted by atomic mass is 16.3. The van der Waals surface area contributed by atoms with Gasteiger partial charge in [0.25, 0.3) is 0 Å². The minimum Gasteiger partial charge on any atom is -0.508 e. The molecule has 1 saturated heterocycles. The molecule has 0 unspecified atom stereocenters. The van der Waals surface area contributed by atoms with Gasteiger partial charge in [0.05, 0.1) is 6.42 Å². The molecule has 1 fully saturated rings. The summed E-state index contributed by atoms with van der Waals surface area (Å²) in [6.07, 6.45) is 2.40. The van der Waals surface area contributed by atoms with Crippen molar-refractivity contribution in [1.82, 2.24) is 10.2 Å². The first-order chi connectivity index (χ1) is 9.02. The van der Waals surface area contributed by atoms with E-state index < -0.39 is 0 Å². The number of hydrogen-bond donors (Lipinski definition) is 2. The molecular weight excluding hydrogens is 240 g/mol. The molecular formula is C15H22N2O2. The van der Waals surface area contributed by atoms with Crippen LogP contribution in [-0.2, 0) is 11.2 Å². The largest absolute Gasteiger partial charge is 0.508 e. The first kappa shape index (κ1) is 13.9. The maximum atomic E-state index is 12.2. The molecule has 1 aliphatic rings. The first-order valence-corrected chi connectivity index (χ1v) is 6.77. The summed E-state index contributed by atoms with van der Waals surface area (Å²) >= 11 is 0. The lowest BCUT2D eigenvalue weighted by Crippen LogP contribution is -2.51. The molecule has 4 nitrogen and oxygen atoms in total. The predicted octanol–water partition coefficient (Wildman–Crippen LogP) is 1.54. The molecule has 1 aromatic carbocycles. The number of aromatic hydroxyl groups is 1.